The maximum atomic E-state index is 9.08. The maximum absolute atomic E-state index is 9.08. The highest BCUT2D eigenvalue weighted by molar-refractivity contribution is 4.57. The van der Waals surface area contributed by atoms with Crippen molar-refractivity contribution in [2.24, 2.45) is 0 Å². The molecule has 0 aliphatic carbocycles. The third-order valence-corrected chi connectivity index (χ3v) is 1.73. The van der Waals surface area contributed by atoms with Crippen LogP contribution in [0.2, 0.25) is 0 Å². The Balaban J connectivity index is 3.12. The van der Waals surface area contributed by atoms with Crippen LogP contribution in [-0.2, 0) is 4.74 Å². The van der Waals surface area contributed by atoms with Crippen LogP contribution >= 0.6 is 0 Å². The lowest BCUT2D eigenvalue weighted by atomic mass is 10.4. The fourth-order valence-electron chi connectivity index (χ4n) is 1.11. The van der Waals surface area contributed by atoms with Gasteiger partial charge in [-0.25, -0.2) is 0 Å². The van der Waals surface area contributed by atoms with Gasteiger partial charge in [0, 0.05) is 33.3 Å². The molecule has 0 amide bonds. The van der Waals surface area contributed by atoms with Gasteiger partial charge in [-0.2, -0.15) is 0 Å². The maximum Gasteiger partial charge on any atom is 0.0638 e. The van der Waals surface area contributed by atoms with Crippen molar-refractivity contribution >= 4 is 0 Å². The van der Waals surface area contributed by atoms with E-state index in [2.05, 4.69) is 10.2 Å². The third kappa shape index (κ3) is 9.76. The minimum atomic E-state index is -0.246. The van der Waals surface area contributed by atoms with Gasteiger partial charge in [0.2, 0.25) is 0 Å². The van der Waals surface area contributed by atoms with Crippen LogP contribution in [0.15, 0.2) is 0 Å². The first-order valence-electron chi connectivity index (χ1n) is 4.73. The number of ether oxygens (including phenoxy) is 1. The summed E-state index contributed by atoms with van der Waals surface area (Å²) in [6.07, 6.45) is -0.246. The van der Waals surface area contributed by atoms with Crippen molar-refractivity contribution in [1.29, 1.82) is 0 Å². The number of aliphatic hydroxyl groups is 1. The summed E-state index contributed by atoms with van der Waals surface area (Å²) in [4.78, 5) is 2.10. The van der Waals surface area contributed by atoms with Crippen LogP contribution in [0.5, 0.6) is 0 Å². The van der Waals surface area contributed by atoms with E-state index >= 15 is 0 Å². The number of likely N-dealkylation sites (N-methyl/N-ethyl adjacent to an activating group) is 1. The average Bonchev–Trinajstić information content (AvgIpc) is 2.02. The molecule has 0 heterocycles. The van der Waals surface area contributed by atoms with Crippen LogP contribution in [0, 0.1) is 0 Å². The Labute approximate surface area is 80.9 Å². The van der Waals surface area contributed by atoms with Gasteiger partial charge in [-0.05, 0) is 14.0 Å². The normalized spacial score (nSPS) is 13.6. The van der Waals surface area contributed by atoms with Gasteiger partial charge < -0.3 is 20.1 Å². The number of aliphatic hydroxyl groups excluding tert-OH is 1. The highest BCUT2D eigenvalue weighted by Crippen LogP contribution is 1.85. The molecule has 4 heteroatoms. The predicted molar refractivity (Wildman–Crippen MR) is 53.9 cm³/mol. The second-order valence-corrected chi connectivity index (χ2v) is 3.35. The fraction of sp³-hybridized carbons (Fsp3) is 1.00. The van der Waals surface area contributed by atoms with Gasteiger partial charge in [0.05, 0.1) is 12.7 Å². The summed E-state index contributed by atoms with van der Waals surface area (Å²) >= 11 is 0. The van der Waals surface area contributed by atoms with Gasteiger partial charge >= 0.3 is 0 Å². The van der Waals surface area contributed by atoms with Crippen molar-refractivity contribution in [2.45, 2.75) is 13.0 Å². The zero-order valence-electron chi connectivity index (χ0n) is 8.92. The number of hydrogen-bond donors (Lipinski definition) is 2. The zero-order valence-corrected chi connectivity index (χ0v) is 8.92. The summed E-state index contributed by atoms with van der Waals surface area (Å²) in [6, 6.07) is 0. The molecule has 80 valence electrons. The minimum Gasteiger partial charge on any atom is -0.392 e. The van der Waals surface area contributed by atoms with Gasteiger partial charge in [-0.3, -0.25) is 0 Å². The summed E-state index contributed by atoms with van der Waals surface area (Å²) in [5.74, 6) is 0. The molecule has 2 N–H and O–H groups in total. The first kappa shape index (κ1) is 12.8. The van der Waals surface area contributed by atoms with Crippen LogP contribution in [0.25, 0.3) is 0 Å². The summed E-state index contributed by atoms with van der Waals surface area (Å²) in [5.41, 5.74) is 0. The van der Waals surface area contributed by atoms with E-state index in [9.17, 15) is 0 Å². The molecule has 0 aromatic rings. The molecule has 0 aliphatic heterocycles. The third-order valence-electron chi connectivity index (χ3n) is 1.73. The number of methoxy groups -OCH3 is 1. The molecule has 0 saturated carbocycles. The molecule has 0 aromatic carbocycles. The molecule has 0 aromatic heterocycles. The van der Waals surface area contributed by atoms with Crippen LogP contribution in [-0.4, -0.2) is 63.1 Å². The Hall–Kier alpha value is -0.160. The van der Waals surface area contributed by atoms with Crippen molar-refractivity contribution in [3.8, 4) is 0 Å². The largest absolute Gasteiger partial charge is 0.392 e. The number of nitrogens with zero attached hydrogens (tertiary/aromatic N) is 1. The van der Waals surface area contributed by atoms with Gasteiger partial charge in [-0.15, -0.1) is 0 Å². The molecule has 13 heavy (non-hydrogen) atoms. The van der Waals surface area contributed by atoms with E-state index in [-0.39, 0.29) is 6.10 Å². The molecule has 0 rings (SSSR count). The number of rotatable bonds is 8. The number of nitrogens with one attached hydrogen (secondary N) is 1. The summed E-state index contributed by atoms with van der Waals surface area (Å²) in [7, 11) is 3.70. The highest BCUT2D eigenvalue weighted by Gasteiger charge is 2.01. The summed E-state index contributed by atoms with van der Waals surface area (Å²) in [6.45, 7) is 6.06. The Morgan fingerprint density at radius 2 is 2.15 bits per heavy atom. The Kier molecular flexibility index (Phi) is 8.33. The molecule has 0 fully saturated rings. The van der Waals surface area contributed by atoms with E-state index in [1.54, 1.807) is 14.0 Å². The van der Waals surface area contributed by atoms with Crippen LogP contribution in [0.3, 0.4) is 0 Å². The molecular formula is C9H22N2O2. The van der Waals surface area contributed by atoms with E-state index in [0.29, 0.717) is 0 Å². The second-order valence-electron chi connectivity index (χ2n) is 3.35. The molecule has 0 spiro atoms. The van der Waals surface area contributed by atoms with Crippen molar-refractivity contribution < 1.29 is 9.84 Å². The lowest BCUT2D eigenvalue weighted by Crippen LogP contribution is -2.34. The van der Waals surface area contributed by atoms with E-state index in [1.165, 1.54) is 0 Å². The molecule has 4 nitrogen and oxygen atoms in total. The quantitative estimate of drug-likeness (QED) is 0.508. The average molecular weight is 190 g/mol. The van der Waals surface area contributed by atoms with Crippen LogP contribution in [0.1, 0.15) is 6.92 Å². The van der Waals surface area contributed by atoms with Crippen molar-refractivity contribution in [1.82, 2.24) is 10.2 Å². The van der Waals surface area contributed by atoms with Gasteiger partial charge in [0.25, 0.3) is 0 Å². The molecule has 0 aliphatic rings. The smallest absolute Gasteiger partial charge is 0.0638 e. The molecular weight excluding hydrogens is 168 g/mol. The monoisotopic (exact) mass is 190 g/mol. The van der Waals surface area contributed by atoms with E-state index in [1.807, 2.05) is 7.05 Å². The molecule has 0 radical (unpaired) electrons. The van der Waals surface area contributed by atoms with Crippen molar-refractivity contribution in [3.63, 3.8) is 0 Å². The second kappa shape index (κ2) is 8.44. The molecule has 0 unspecified atom stereocenters. The first-order valence-corrected chi connectivity index (χ1v) is 4.73. The number of hydrogen-bond acceptors (Lipinski definition) is 4. The minimum absolute atomic E-state index is 0.246. The summed E-state index contributed by atoms with van der Waals surface area (Å²) in [5, 5.41) is 12.3. The SMILES string of the molecule is COCCNCCN(C)C[C@H](C)O. The lowest BCUT2D eigenvalue weighted by molar-refractivity contribution is 0.141. The van der Waals surface area contributed by atoms with Crippen LogP contribution < -0.4 is 5.32 Å². The summed E-state index contributed by atoms with van der Waals surface area (Å²) < 4.78 is 4.90. The van der Waals surface area contributed by atoms with Gasteiger partial charge in [0.1, 0.15) is 0 Å². The van der Waals surface area contributed by atoms with Gasteiger partial charge in [-0.1, -0.05) is 0 Å². The molecule has 0 saturated heterocycles. The van der Waals surface area contributed by atoms with Gasteiger partial charge in [0.15, 0.2) is 0 Å². The zero-order chi connectivity index (χ0) is 10.1. The highest BCUT2D eigenvalue weighted by atomic mass is 16.5. The molecule has 0 bridgehead atoms. The fourth-order valence-corrected chi connectivity index (χ4v) is 1.11. The first-order chi connectivity index (χ1) is 6.16. The predicted octanol–water partition coefficient (Wildman–Crippen LogP) is -0.465. The lowest BCUT2D eigenvalue weighted by Gasteiger charge is -2.18. The topological polar surface area (TPSA) is 44.7 Å². The van der Waals surface area contributed by atoms with Crippen molar-refractivity contribution in [2.75, 3.05) is 46.9 Å². The van der Waals surface area contributed by atoms with E-state index in [0.717, 1.165) is 32.8 Å². The van der Waals surface area contributed by atoms with E-state index in [4.69, 9.17) is 9.84 Å². The Morgan fingerprint density at radius 3 is 2.69 bits per heavy atom. The Bertz CT molecular complexity index is 110. The Morgan fingerprint density at radius 1 is 1.46 bits per heavy atom. The van der Waals surface area contributed by atoms with Crippen molar-refractivity contribution in [3.05, 3.63) is 0 Å². The standard InChI is InChI=1S/C9H22N2O2/c1-9(12)8-11(2)6-4-10-5-7-13-3/h9-10,12H,4-8H2,1-3H3/t9-/m0/s1. The van der Waals surface area contributed by atoms with E-state index < -0.39 is 0 Å². The molecule has 1 atom stereocenters. The van der Waals surface area contributed by atoms with Crippen LogP contribution in [0.4, 0.5) is 0 Å².